The van der Waals surface area contributed by atoms with Gasteiger partial charge in [0.25, 0.3) is 11.8 Å². The van der Waals surface area contributed by atoms with Gasteiger partial charge >= 0.3 is 5.69 Å². The van der Waals surface area contributed by atoms with E-state index in [0.717, 1.165) is 21.2 Å². The Bertz CT molecular complexity index is 2020. The lowest BCUT2D eigenvalue weighted by molar-refractivity contribution is 0.0610. The molecule has 2 aromatic heterocycles. The predicted octanol–water partition coefficient (Wildman–Crippen LogP) is 4.90. The van der Waals surface area contributed by atoms with Crippen LogP contribution < -0.4 is 15.7 Å². The van der Waals surface area contributed by atoms with Crippen LogP contribution in [0.3, 0.4) is 0 Å². The van der Waals surface area contributed by atoms with Crippen molar-refractivity contribution in [2.45, 2.75) is 52.6 Å². The summed E-state index contributed by atoms with van der Waals surface area (Å²) in [5.41, 5.74) is 3.68. The number of aromatic nitrogens is 4. The molecule has 0 radical (unpaired) electrons. The second kappa shape index (κ2) is 14.0. The molecule has 5 aromatic rings. The molecule has 0 saturated carbocycles. The lowest BCUT2D eigenvalue weighted by Gasteiger charge is -2.34. The average molecular weight is 712 g/mol. The molecule has 0 spiro atoms. The van der Waals surface area contributed by atoms with Gasteiger partial charge in [0.2, 0.25) is 0 Å². The maximum absolute atomic E-state index is 14.2. The number of carbonyl (C=O) groups is 2. The number of imidazole rings is 1. The highest BCUT2D eigenvalue weighted by Crippen LogP contribution is 2.27. The Hall–Kier alpha value is -5.07. The highest BCUT2D eigenvalue weighted by atomic mass is 79.9. The lowest BCUT2D eigenvalue weighted by Crippen LogP contribution is -2.47. The third-order valence-corrected chi connectivity index (χ3v) is 9.16. The Labute approximate surface area is 286 Å². The van der Waals surface area contributed by atoms with Crippen LogP contribution in [0.1, 0.15) is 51.5 Å². The summed E-state index contributed by atoms with van der Waals surface area (Å²) in [7, 11) is 0. The van der Waals surface area contributed by atoms with Crippen LogP contribution in [-0.4, -0.2) is 59.7 Å². The monoisotopic (exact) mass is 710 g/mol. The van der Waals surface area contributed by atoms with Crippen LogP contribution in [0.4, 0.5) is 0 Å². The number of nitrogens with one attached hydrogen (secondary N) is 1. The summed E-state index contributed by atoms with van der Waals surface area (Å²) in [6, 6.07) is 21.2. The molecule has 12 heteroatoms. The van der Waals surface area contributed by atoms with Crippen molar-refractivity contribution in [3.63, 3.8) is 0 Å². The van der Waals surface area contributed by atoms with E-state index in [1.165, 1.54) is 4.57 Å². The second-order valence-electron chi connectivity index (χ2n) is 11.8. The van der Waals surface area contributed by atoms with E-state index in [-0.39, 0.29) is 49.6 Å². The number of aliphatic hydroxyl groups is 1. The molecule has 6 rings (SSSR count). The molecular formula is C36H35BrN6O5. The predicted molar refractivity (Wildman–Crippen MR) is 184 cm³/mol. The van der Waals surface area contributed by atoms with Crippen LogP contribution in [0.2, 0.25) is 0 Å². The molecule has 246 valence electrons. The first kappa shape index (κ1) is 32.9. The summed E-state index contributed by atoms with van der Waals surface area (Å²) in [6.45, 7) is 5.98. The summed E-state index contributed by atoms with van der Waals surface area (Å²) in [5.74, 6) is 0.384. The summed E-state index contributed by atoms with van der Waals surface area (Å²) < 4.78 is 9.49. The molecule has 2 atom stereocenters. The normalized spacial score (nSPS) is 14.7. The van der Waals surface area contributed by atoms with Gasteiger partial charge in [-0.2, -0.15) is 0 Å². The number of aryl methyl sites for hydroxylation is 1. The maximum Gasteiger partial charge on any atom is 0.333 e. The molecule has 0 aliphatic carbocycles. The Kier molecular flexibility index (Phi) is 9.56. The zero-order valence-electron chi connectivity index (χ0n) is 26.8. The van der Waals surface area contributed by atoms with Crippen molar-refractivity contribution in [1.82, 2.24) is 29.3 Å². The van der Waals surface area contributed by atoms with Crippen LogP contribution in [0.5, 0.6) is 5.75 Å². The van der Waals surface area contributed by atoms with Gasteiger partial charge in [-0.05, 0) is 80.4 Å². The van der Waals surface area contributed by atoms with Crippen molar-refractivity contribution in [3.8, 4) is 22.8 Å². The Balaban J connectivity index is 1.38. The summed E-state index contributed by atoms with van der Waals surface area (Å²) in [6.07, 6.45) is 2.68. The molecule has 48 heavy (non-hydrogen) atoms. The number of aliphatic hydroxyl groups excluding tert-OH is 1. The van der Waals surface area contributed by atoms with Crippen LogP contribution in [-0.2, 0) is 19.6 Å². The van der Waals surface area contributed by atoms with Gasteiger partial charge in [-0.3, -0.25) is 18.7 Å². The number of nitrogens with zero attached hydrogens (tertiary/aromatic N) is 5. The molecule has 11 nitrogen and oxygen atoms in total. The van der Waals surface area contributed by atoms with E-state index in [1.807, 2.05) is 50.2 Å². The number of rotatable bonds is 9. The van der Waals surface area contributed by atoms with Crippen molar-refractivity contribution in [3.05, 3.63) is 128 Å². The first-order valence-corrected chi connectivity index (χ1v) is 16.4. The van der Waals surface area contributed by atoms with Gasteiger partial charge in [-0.15, -0.1) is 0 Å². The number of hydrogen-bond donors (Lipinski definition) is 2. The number of hydrogen-bond acceptors (Lipinski definition) is 7. The van der Waals surface area contributed by atoms with Crippen molar-refractivity contribution in [1.29, 1.82) is 0 Å². The summed E-state index contributed by atoms with van der Waals surface area (Å²) in [4.78, 5) is 52.6. The number of ether oxygens (including phenoxy) is 1. The Morgan fingerprint density at radius 3 is 2.50 bits per heavy atom. The molecule has 2 amide bonds. The van der Waals surface area contributed by atoms with Gasteiger partial charge in [0.1, 0.15) is 18.1 Å². The molecule has 3 aromatic carbocycles. The largest absolute Gasteiger partial charge is 0.491 e. The SMILES string of the molecule is Cc1cc(C(=O)N2Cc3c(C(=O)NCc4ccccc4-c4ncccn4)n(-c4ccc(OC[C@H](C)O)cc4)c(=O)n3C[C@@H]2C)ccc1Br. The molecule has 0 bridgehead atoms. The third-order valence-electron chi connectivity index (χ3n) is 8.27. The molecule has 3 heterocycles. The van der Waals surface area contributed by atoms with Gasteiger partial charge in [0.15, 0.2) is 5.82 Å². The summed E-state index contributed by atoms with van der Waals surface area (Å²) >= 11 is 3.50. The number of fused-ring (bicyclic) bond motifs is 1. The summed E-state index contributed by atoms with van der Waals surface area (Å²) in [5, 5.41) is 12.6. The zero-order valence-corrected chi connectivity index (χ0v) is 28.3. The Morgan fingerprint density at radius 1 is 1.06 bits per heavy atom. The minimum Gasteiger partial charge on any atom is -0.491 e. The van der Waals surface area contributed by atoms with Gasteiger partial charge < -0.3 is 20.1 Å². The number of halogens is 1. The van der Waals surface area contributed by atoms with Gasteiger partial charge in [-0.25, -0.2) is 14.8 Å². The lowest BCUT2D eigenvalue weighted by atomic mass is 10.1. The molecule has 2 N–H and O–H groups in total. The highest BCUT2D eigenvalue weighted by molar-refractivity contribution is 9.10. The minimum atomic E-state index is -0.645. The fourth-order valence-corrected chi connectivity index (χ4v) is 6.05. The van der Waals surface area contributed by atoms with Crippen molar-refractivity contribution in [2.75, 3.05) is 6.61 Å². The van der Waals surface area contributed by atoms with Crippen LogP contribution in [0.15, 0.2) is 94.5 Å². The fourth-order valence-electron chi connectivity index (χ4n) is 5.80. The zero-order chi connectivity index (χ0) is 33.9. The van der Waals surface area contributed by atoms with Crippen LogP contribution in [0, 0.1) is 6.92 Å². The first-order valence-electron chi connectivity index (χ1n) is 15.6. The number of benzene rings is 3. The molecule has 1 aliphatic rings. The average Bonchev–Trinajstić information content (AvgIpc) is 3.38. The van der Waals surface area contributed by atoms with E-state index >= 15 is 0 Å². The van der Waals surface area contributed by atoms with Crippen LogP contribution >= 0.6 is 15.9 Å². The quantitative estimate of drug-likeness (QED) is 0.223. The molecule has 0 fully saturated rings. The number of amides is 2. The van der Waals surface area contributed by atoms with Gasteiger partial charge in [0, 0.05) is 47.1 Å². The minimum absolute atomic E-state index is 0.0597. The smallest absolute Gasteiger partial charge is 0.333 e. The Morgan fingerprint density at radius 2 is 1.79 bits per heavy atom. The van der Waals surface area contributed by atoms with E-state index in [0.29, 0.717) is 28.5 Å². The fraction of sp³-hybridized carbons (Fsp3) is 0.250. The maximum atomic E-state index is 14.2. The van der Waals surface area contributed by atoms with Gasteiger partial charge in [-0.1, -0.05) is 40.2 Å². The van der Waals surface area contributed by atoms with Crippen molar-refractivity contribution in [2.24, 2.45) is 0 Å². The van der Waals surface area contributed by atoms with E-state index in [9.17, 15) is 19.5 Å². The van der Waals surface area contributed by atoms with E-state index in [4.69, 9.17) is 4.74 Å². The molecule has 0 unspecified atom stereocenters. The molecular weight excluding hydrogens is 676 g/mol. The van der Waals surface area contributed by atoms with Crippen LogP contribution in [0.25, 0.3) is 17.1 Å². The number of carbonyl (C=O) groups excluding carboxylic acids is 2. The van der Waals surface area contributed by atoms with E-state index in [1.54, 1.807) is 65.2 Å². The molecule has 1 aliphatic heterocycles. The standard InChI is InChI=1S/C36H35BrN6O5/c1-22-17-25(9-14-30(22)37)35(46)41-20-31-32(34(45)40-18-26-7-4-5-8-29(26)33-38-15-6-16-39-33)43(36(47)42(31)19-23(41)2)27-10-12-28(13-11-27)48-21-24(3)44/h4-17,23-24,44H,18-21H2,1-3H3,(H,40,45)/t23-,24-/m0/s1. The van der Waals surface area contributed by atoms with E-state index in [2.05, 4.69) is 31.2 Å². The topological polar surface area (TPSA) is 132 Å². The third kappa shape index (κ3) is 6.67. The van der Waals surface area contributed by atoms with Crippen molar-refractivity contribution < 1.29 is 19.4 Å². The molecule has 0 saturated heterocycles. The highest BCUT2D eigenvalue weighted by Gasteiger charge is 2.35. The van der Waals surface area contributed by atoms with Gasteiger partial charge in [0.05, 0.1) is 24.0 Å². The van der Waals surface area contributed by atoms with Crippen molar-refractivity contribution >= 4 is 27.7 Å². The van der Waals surface area contributed by atoms with E-state index < -0.39 is 12.0 Å². The first-order chi connectivity index (χ1) is 23.1. The second-order valence-corrected chi connectivity index (χ2v) is 12.7.